The Kier molecular flexibility index (Phi) is 6.84. The second-order valence-electron chi connectivity index (χ2n) is 8.73. The minimum Gasteiger partial charge on any atom is -0.497 e. The van der Waals surface area contributed by atoms with Crippen molar-refractivity contribution in [3.05, 3.63) is 53.3 Å². The van der Waals surface area contributed by atoms with Gasteiger partial charge in [0.25, 0.3) is 0 Å². The fourth-order valence-corrected chi connectivity index (χ4v) is 4.71. The van der Waals surface area contributed by atoms with Crippen LogP contribution in [0, 0.1) is 11.7 Å². The number of rotatable bonds is 6. The Morgan fingerprint density at radius 2 is 2.00 bits per heavy atom. The maximum absolute atomic E-state index is 14.0. The van der Waals surface area contributed by atoms with Gasteiger partial charge >= 0.3 is 5.97 Å². The quantitative estimate of drug-likeness (QED) is 0.363. The summed E-state index contributed by atoms with van der Waals surface area (Å²) in [4.78, 5) is 23.9. The van der Waals surface area contributed by atoms with Crippen molar-refractivity contribution in [1.29, 1.82) is 0 Å². The molecule has 1 fully saturated rings. The first-order valence-corrected chi connectivity index (χ1v) is 12.3. The average molecular weight is 525 g/mol. The number of piperidine rings is 1. The molecule has 9 nitrogen and oxygen atoms in total. The highest BCUT2D eigenvalue weighted by Gasteiger charge is 2.30. The van der Waals surface area contributed by atoms with Crippen molar-refractivity contribution < 1.29 is 18.7 Å². The number of methoxy groups -OCH3 is 1. The van der Waals surface area contributed by atoms with Crippen LogP contribution in [0.2, 0.25) is 5.02 Å². The molecule has 2 N–H and O–H groups in total. The number of nitrogens with two attached hydrogens (primary N) is 1. The van der Waals surface area contributed by atoms with Crippen LogP contribution >= 0.6 is 11.6 Å². The van der Waals surface area contributed by atoms with Gasteiger partial charge in [0.2, 0.25) is 5.95 Å². The predicted molar refractivity (Wildman–Crippen MR) is 140 cm³/mol. The first kappa shape index (κ1) is 24.8. The van der Waals surface area contributed by atoms with Crippen molar-refractivity contribution in [3.63, 3.8) is 0 Å². The summed E-state index contributed by atoms with van der Waals surface area (Å²) >= 11 is 6.11. The fourth-order valence-electron chi connectivity index (χ4n) is 4.53. The first-order valence-electron chi connectivity index (χ1n) is 12.0. The standard InChI is InChI=1S/C26H26ClFN6O3/c1-3-37-25(35)16-5-4-12-33(14-16)26-30-22(15-6-11-20(28)19(27)13-15)21-23(29)34(32-24(21)31-26)17-7-9-18(36-2)10-8-17/h6-11,13,16H,3-5,12,14,29H2,1-2H3/t16-/m1/s1. The minimum atomic E-state index is -0.536. The van der Waals surface area contributed by atoms with Crippen LogP contribution in [0.25, 0.3) is 28.0 Å². The van der Waals surface area contributed by atoms with E-state index in [4.69, 9.17) is 36.8 Å². The number of fused-ring (bicyclic) bond motifs is 1. The van der Waals surface area contributed by atoms with Crippen LogP contribution in [0.5, 0.6) is 5.75 Å². The molecular formula is C26H26ClFN6O3. The lowest BCUT2D eigenvalue weighted by molar-refractivity contribution is -0.148. The Morgan fingerprint density at radius 1 is 1.22 bits per heavy atom. The molecule has 2 aromatic heterocycles. The van der Waals surface area contributed by atoms with Crippen molar-refractivity contribution in [3.8, 4) is 22.7 Å². The largest absolute Gasteiger partial charge is 0.497 e. The number of anilines is 2. The van der Waals surface area contributed by atoms with Gasteiger partial charge in [-0.05, 0) is 62.2 Å². The van der Waals surface area contributed by atoms with Crippen molar-refractivity contribution >= 4 is 40.4 Å². The third-order valence-corrected chi connectivity index (χ3v) is 6.68. The van der Waals surface area contributed by atoms with Gasteiger partial charge in [-0.3, -0.25) is 4.79 Å². The van der Waals surface area contributed by atoms with Gasteiger partial charge in [0.1, 0.15) is 17.4 Å². The van der Waals surface area contributed by atoms with Crippen molar-refractivity contribution in [1.82, 2.24) is 19.7 Å². The summed E-state index contributed by atoms with van der Waals surface area (Å²) in [5.74, 6) is 0.377. The van der Waals surface area contributed by atoms with Gasteiger partial charge in [0.15, 0.2) is 5.65 Å². The summed E-state index contributed by atoms with van der Waals surface area (Å²) in [5.41, 5.74) is 8.70. The van der Waals surface area contributed by atoms with Crippen LogP contribution in [-0.2, 0) is 9.53 Å². The number of halogens is 2. The van der Waals surface area contributed by atoms with Crippen LogP contribution < -0.4 is 15.4 Å². The minimum absolute atomic E-state index is 0.0349. The van der Waals surface area contributed by atoms with Gasteiger partial charge in [-0.25, -0.2) is 14.1 Å². The van der Waals surface area contributed by atoms with E-state index in [2.05, 4.69) is 5.10 Å². The summed E-state index contributed by atoms with van der Waals surface area (Å²) in [5, 5.41) is 5.16. The third-order valence-electron chi connectivity index (χ3n) is 6.39. The summed E-state index contributed by atoms with van der Waals surface area (Å²) in [6, 6.07) is 11.7. The number of nitrogens with zero attached hydrogens (tertiary/aromatic N) is 5. The number of carbonyl (C=O) groups is 1. The molecule has 1 aliphatic rings. The number of ether oxygens (including phenoxy) is 2. The highest BCUT2D eigenvalue weighted by Crippen LogP contribution is 2.35. The molecule has 11 heteroatoms. The Labute approximate surface area is 218 Å². The van der Waals surface area contributed by atoms with Gasteiger partial charge in [0.05, 0.1) is 41.4 Å². The second kappa shape index (κ2) is 10.2. The number of carbonyl (C=O) groups excluding carboxylic acids is 1. The Balaban J connectivity index is 1.65. The Hall–Kier alpha value is -3.92. The molecule has 0 aliphatic carbocycles. The van der Waals surface area contributed by atoms with Crippen LogP contribution in [0.3, 0.4) is 0 Å². The van der Waals surface area contributed by atoms with E-state index in [0.717, 1.165) is 12.8 Å². The molecule has 0 spiro atoms. The van der Waals surface area contributed by atoms with Gasteiger partial charge in [-0.2, -0.15) is 4.98 Å². The normalized spacial score (nSPS) is 15.7. The number of benzene rings is 2. The monoisotopic (exact) mass is 524 g/mol. The highest BCUT2D eigenvalue weighted by molar-refractivity contribution is 6.31. The summed E-state index contributed by atoms with van der Waals surface area (Å²) in [7, 11) is 1.59. The lowest BCUT2D eigenvalue weighted by Crippen LogP contribution is -2.40. The molecule has 0 radical (unpaired) electrons. The molecule has 0 unspecified atom stereocenters. The highest BCUT2D eigenvalue weighted by atomic mass is 35.5. The zero-order valence-corrected chi connectivity index (χ0v) is 21.2. The van der Waals surface area contributed by atoms with Crippen LogP contribution in [-0.4, -0.2) is 52.5 Å². The molecule has 0 amide bonds. The van der Waals surface area contributed by atoms with Crippen molar-refractivity contribution in [2.24, 2.45) is 5.92 Å². The lowest BCUT2D eigenvalue weighted by atomic mass is 9.98. The maximum Gasteiger partial charge on any atom is 0.310 e. The Bertz CT molecular complexity index is 1460. The lowest BCUT2D eigenvalue weighted by Gasteiger charge is -2.31. The second-order valence-corrected chi connectivity index (χ2v) is 9.14. The molecule has 192 valence electrons. The molecule has 2 aromatic carbocycles. The molecule has 0 bridgehead atoms. The smallest absolute Gasteiger partial charge is 0.310 e. The van der Waals surface area contributed by atoms with E-state index in [1.807, 2.05) is 29.2 Å². The van der Waals surface area contributed by atoms with E-state index < -0.39 is 5.82 Å². The molecule has 1 atom stereocenters. The molecule has 0 saturated carbocycles. The van der Waals surface area contributed by atoms with Gasteiger partial charge in [0, 0.05) is 18.7 Å². The van der Waals surface area contributed by atoms with Gasteiger partial charge in [-0.15, -0.1) is 5.10 Å². The first-order chi connectivity index (χ1) is 17.9. The van der Waals surface area contributed by atoms with Gasteiger partial charge < -0.3 is 20.1 Å². The topological polar surface area (TPSA) is 108 Å². The number of hydrogen-bond acceptors (Lipinski definition) is 8. The van der Waals surface area contributed by atoms with Crippen LogP contribution in [0.4, 0.5) is 16.2 Å². The van der Waals surface area contributed by atoms with Gasteiger partial charge in [-0.1, -0.05) is 11.6 Å². The summed E-state index contributed by atoms with van der Waals surface area (Å²) in [6.07, 6.45) is 1.52. The average Bonchev–Trinajstić information content (AvgIpc) is 3.26. The molecule has 1 aliphatic heterocycles. The SMILES string of the molecule is CCOC(=O)[C@@H]1CCCN(c2nc(-c3ccc(F)c(Cl)c3)c3c(N)n(-c4ccc(OC)cc4)nc3n2)C1. The number of esters is 1. The maximum atomic E-state index is 14.0. The van der Waals surface area contributed by atoms with E-state index in [9.17, 15) is 9.18 Å². The zero-order chi connectivity index (χ0) is 26.1. The van der Waals surface area contributed by atoms with E-state index >= 15 is 0 Å². The zero-order valence-electron chi connectivity index (χ0n) is 20.4. The summed E-state index contributed by atoms with van der Waals surface area (Å²) in [6.45, 7) is 3.21. The molecule has 3 heterocycles. The molecule has 37 heavy (non-hydrogen) atoms. The van der Waals surface area contributed by atoms with E-state index in [-0.39, 0.29) is 16.9 Å². The molecule has 4 aromatic rings. The third kappa shape index (κ3) is 4.76. The van der Waals surface area contributed by atoms with E-state index in [1.54, 1.807) is 24.8 Å². The molecule has 1 saturated heterocycles. The van der Waals surface area contributed by atoms with Crippen molar-refractivity contribution in [2.75, 3.05) is 37.4 Å². The molecular weight excluding hydrogens is 499 g/mol. The van der Waals surface area contributed by atoms with Crippen LogP contribution in [0.15, 0.2) is 42.5 Å². The Morgan fingerprint density at radius 3 is 2.70 bits per heavy atom. The molecule has 5 rings (SSSR count). The van der Waals surface area contributed by atoms with Crippen molar-refractivity contribution in [2.45, 2.75) is 19.8 Å². The number of aromatic nitrogens is 4. The fraction of sp³-hybridized carbons (Fsp3) is 0.308. The van der Waals surface area contributed by atoms with Crippen LogP contribution in [0.1, 0.15) is 19.8 Å². The van der Waals surface area contributed by atoms with E-state index in [1.165, 1.54) is 12.1 Å². The number of nitrogen functional groups attached to an aromatic ring is 1. The predicted octanol–water partition coefficient (Wildman–Crippen LogP) is 4.65. The number of hydrogen-bond donors (Lipinski definition) is 1. The van der Waals surface area contributed by atoms with E-state index in [0.29, 0.717) is 65.2 Å². The summed E-state index contributed by atoms with van der Waals surface area (Å²) < 4.78 is 26.0.